The number of esters is 1. The summed E-state index contributed by atoms with van der Waals surface area (Å²) in [5.74, 6) is -1.06. The van der Waals surface area contributed by atoms with Gasteiger partial charge in [-0.05, 0) is 36.6 Å². The number of para-hydroxylation sites is 1. The van der Waals surface area contributed by atoms with Crippen molar-refractivity contribution in [1.29, 1.82) is 0 Å². The molecule has 0 bridgehead atoms. The Labute approximate surface area is 148 Å². The summed E-state index contributed by atoms with van der Waals surface area (Å²) in [5, 5.41) is 3.30. The number of carbonyl (C=O) groups is 2. The molecule has 7 heteroatoms. The average Bonchev–Trinajstić information content (AvgIpc) is 2.55. The summed E-state index contributed by atoms with van der Waals surface area (Å²) in [6.07, 6.45) is 1.91. The second-order valence-electron chi connectivity index (χ2n) is 4.45. The quantitative estimate of drug-likeness (QED) is 0.622. The first kappa shape index (κ1) is 17.7. The van der Waals surface area contributed by atoms with E-state index < -0.39 is 11.9 Å². The summed E-state index contributed by atoms with van der Waals surface area (Å²) >= 11 is 13.1. The molecule has 120 valence electrons. The number of ether oxygens (including phenoxy) is 1. The molecule has 0 spiro atoms. The van der Waals surface area contributed by atoms with Gasteiger partial charge in [-0.2, -0.15) is 0 Å². The number of thioether (sulfide) groups is 1. The summed E-state index contributed by atoms with van der Waals surface area (Å²) in [7, 11) is 0. The minimum Gasteiger partial charge on any atom is -0.452 e. The van der Waals surface area contributed by atoms with Crippen LogP contribution in [0.1, 0.15) is 10.4 Å². The van der Waals surface area contributed by atoms with Crippen molar-refractivity contribution in [2.75, 3.05) is 18.2 Å². The molecule has 4 nitrogen and oxygen atoms in total. The van der Waals surface area contributed by atoms with Crippen LogP contribution in [-0.4, -0.2) is 24.7 Å². The molecule has 0 fully saturated rings. The van der Waals surface area contributed by atoms with E-state index in [2.05, 4.69) is 5.32 Å². The van der Waals surface area contributed by atoms with E-state index in [0.29, 0.717) is 10.7 Å². The number of benzene rings is 2. The van der Waals surface area contributed by atoms with Gasteiger partial charge in [-0.25, -0.2) is 4.79 Å². The molecule has 0 heterocycles. The van der Waals surface area contributed by atoms with Crippen LogP contribution in [0.5, 0.6) is 0 Å². The summed E-state index contributed by atoms with van der Waals surface area (Å²) < 4.78 is 4.97. The molecule has 1 amide bonds. The van der Waals surface area contributed by atoms with Crippen LogP contribution in [0.4, 0.5) is 5.69 Å². The first-order valence-electron chi connectivity index (χ1n) is 6.56. The lowest BCUT2D eigenvalue weighted by molar-refractivity contribution is -0.119. The summed E-state index contributed by atoms with van der Waals surface area (Å²) in [6.45, 7) is -0.387. The Bertz CT molecular complexity index is 737. The van der Waals surface area contributed by atoms with Crippen LogP contribution in [0.3, 0.4) is 0 Å². The Morgan fingerprint density at radius 3 is 2.57 bits per heavy atom. The number of halogens is 2. The molecule has 0 unspecified atom stereocenters. The van der Waals surface area contributed by atoms with E-state index in [9.17, 15) is 9.59 Å². The maximum atomic E-state index is 11.9. The zero-order valence-corrected chi connectivity index (χ0v) is 14.5. The van der Waals surface area contributed by atoms with Crippen LogP contribution < -0.4 is 5.32 Å². The van der Waals surface area contributed by atoms with Crippen LogP contribution in [0, 0.1) is 0 Å². The lowest BCUT2D eigenvalue weighted by Gasteiger charge is -2.09. The fourth-order valence-electron chi connectivity index (χ4n) is 1.77. The topological polar surface area (TPSA) is 55.4 Å². The van der Waals surface area contributed by atoms with Gasteiger partial charge >= 0.3 is 5.97 Å². The van der Waals surface area contributed by atoms with Gasteiger partial charge in [0, 0.05) is 4.90 Å². The normalized spacial score (nSPS) is 10.2. The smallest absolute Gasteiger partial charge is 0.338 e. The predicted molar refractivity (Wildman–Crippen MR) is 93.6 cm³/mol. The summed E-state index contributed by atoms with van der Waals surface area (Å²) in [4.78, 5) is 24.7. The SMILES string of the molecule is CSc1ccccc1NC(=O)COC(=O)c1ccc(Cl)c(Cl)c1. The zero-order valence-electron chi connectivity index (χ0n) is 12.1. The molecule has 0 atom stereocenters. The number of anilines is 1. The highest BCUT2D eigenvalue weighted by atomic mass is 35.5. The molecule has 0 aliphatic rings. The predicted octanol–water partition coefficient (Wildman–Crippen LogP) is 4.51. The minimum absolute atomic E-state index is 0.233. The largest absolute Gasteiger partial charge is 0.452 e. The fraction of sp³-hybridized carbons (Fsp3) is 0.125. The third-order valence-electron chi connectivity index (χ3n) is 2.87. The molecule has 0 saturated carbocycles. The van der Waals surface area contributed by atoms with Gasteiger partial charge in [0.2, 0.25) is 0 Å². The molecule has 2 aromatic carbocycles. The number of amides is 1. The highest BCUT2D eigenvalue weighted by Crippen LogP contribution is 2.25. The first-order valence-corrected chi connectivity index (χ1v) is 8.54. The van der Waals surface area contributed by atoms with Gasteiger partial charge in [-0.15, -0.1) is 11.8 Å². The molecule has 2 rings (SSSR count). The van der Waals surface area contributed by atoms with E-state index in [0.717, 1.165) is 4.90 Å². The van der Waals surface area contributed by atoms with Crippen molar-refractivity contribution in [3.05, 3.63) is 58.1 Å². The number of hydrogen-bond acceptors (Lipinski definition) is 4. The van der Waals surface area contributed by atoms with Gasteiger partial charge in [0.1, 0.15) is 0 Å². The molecule has 0 radical (unpaired) electrons. The van der Waals surface area contributed by atoms with Crippen molar-refractivity contribution in [3.8, 4) is 0 Å². The van der Waals surface area contributed by atoms with E-state index in [-0.39, 0.29) is 17.2 Å². The van der Waals surface area contributed by atoms with Gasteiger partial charge in [0.25, 0.3) is 5.91 Å². The van der Waals surface area contributed by atoms with Crippen LogP contribution in [0.25, 0.3) is 0 Å². The molecular weight excluding hydrogens is 357 g/mol. The maximum Gasteiger partial charge on any atom is 0.338 e. The van der Waals surface area contributed by atoms with Crippen LogP contribution in [0.15, 0.2) is 47.4 Å². The number of carbonyl (C=O) groups excluding carboxylic acids is 2. The van der Waals surface area contributed by atoms with Gasteiger partial charge in [-0.1, -0.05) is 35.3 Å². The Morgan fingerprint density at radius 2 is 1.87 bits per heavy atom. The average molecular weight is 370 g/mol. The van der Waals surface area contributed by atoms with E-state index in [4.69, 9.17) is 27.9 Å². The van der Waals surface area contributed by atoms with E-state index in [1.807, 2.05) is 24.5 Å². The van der Waals surface area contributed by atoms with Gasteiger partial charge in [-0.3, -0.25) is 4.79 Å². The van der Waals surface area contributed by atoms with Crippen molar-refractivity contribution in [2.24, 2.45) is 0 Å². The van der Waals surface area contributed by atoms with Gasteiger partial charge < -0.3 is 10.1 Å². The van der Waals surface area contributed by atoms with Crippen LogP contribution in [-0.2, 0) is 9.53 Å². The Balaban J connectivity index is 1.93. The highest BCUT2D eigenvalue weighted by molar-refractivity contribution is 7.98. The number of rotatable bonds is 5. The van der Waals surface area contributed by atoms with Crippen molar-refractivity contribution < 1.29 is 14.3 Å². The number of hydrogen-bond donors (Lipinski definition) is 1. The molecule has 2 aromatic rings. The van der Waals surface area contributed by atoms with Crippen molar-refractivity contribution >= 4 is 52.5 Å². The fourth-order valence-corrected chi connectivity index (χ4v) is 2.62. The second-order valence-corrected chi connectivity index (χ2v) is 6.12. The summed E-state index contributed by atoms with van der Waals surface area (Å²) in [5.41, 5.74) is 0.910. The highest BCUT2D eigenvalue weighted by Gasteiger charge is 2.12. The third kappa shape index (κ3) is 4.89. The van der Waals surface area contributed by atoms with Crippen LogP contribution >= 0.6 is 35.0 Å². The molecule has 0 aromatic heterocycles. The lowest BCUT2D eigenvalue weighted by atomic mass is 10.2. The molecule has 23 heavy (non-hydrogen) atoms. The van der Waals surface area contributed by atoms with E-state index in [1.165, 1.54) is 30.0 Å². The van der Waals surface area contributed by atoms with Gasteiger partial charge in [0.05, 0.1) is 21.3 Å². The molecule has 0 saturated heterocycles. The van der Waals surface area contributed by atoms with E-state index >= 15 is 0 Å². The Morgan fingerprint density at radius 1 is 1.13 bits per heavy atom. The minimum atomic E-state index is -0.642. The molecule has 0 aliphatic carbocycles. The van der Waals surface area contributed by atoms with Crippen LogP contribution in [0.2, 0.25) is 10.0 Å². The first-order chi connectivity index (χ1) is 11.0. The zero-order chi connectivity index (χ0) is 16.8. The van der Waals surface area contributed by atoms with Crippen molar-refractivity contribution in [3.63, 3.8) is 0 Å². The maximum absolute atomic E-state index is 11.9. The molecular formula is C16H13Cl2NO3S. The lowest BCUT2D eigenvalue weighted by Crippen LogP contribution is -2.21. The van der Waals surface area contributed by atoms with Crippen molar-refractivity contribution in [1.82, 2.24) is 0 Å². The standard InChI is InChI=1S/C16H13Cl2NO3S/c1-23-14-5-3-2-4-13(14)19-15(20)9-22-16(21)10-6-7-11(17)12(18)8-10/h2-8H,9H2,1H3,(H,19,20). The monoisotopic (exact) mass is 369 g/mol. The second kappa shape index (κ2) is 8.24. The third-order valence-corrected chi connectivity index (χ3v) is 4.41. The Hall–Kier alpha value is -1.69. The van der Waals surface area contributed by atoms with Crippen molar-refractivity contribution in [2.45, 2.75) is 4.90 Å². The van der Waals surface area contributed by atoms with Gasteiger partial charge in [0.15, 0.2) is 6.61 Å². The van der Waals surface area contributed by atoms with E-state index in [1.54, 1.807) is 6.07 Å². The number of nitrogens with one attached hydrogen (secondary N) is 1. The molecule has 0 aliphatic heterocycles. The Kier molecular flexibility index (Phi) is 6.33. The summed E-state index contributed by atoms with van der Waals surface area (Å²) in [6, 6.07) is 11.7. The molecule has 1 N–H and O–H groups in total.